The predicted octanol–water partition coefficient (Wildman–Crippen LogP) is 0.630. The van der Waals surface area contributed by atoms with E-state index in [1.807, 2.05) is 0 Å². The van der Waals surface area contributed by atoms with Crippen molar-refractivity contribution in [2.24, 2.45) is 11.8 Å². The van der Waals surface area contributed by atoms with E-state index >= 15 is 0 Å². The molecule has 0 aromatic heterocycles. The molecule has 2 aliphatic rings. The lowest BCUT2D eigenvalue weighted by Gasteiger charge is -2.09. The zero-order valence-electron chi connectivity index (χ0n) is 9.98. The Labute approximate surface area is 106 Å². The van der Waals surface area contributed by atoms with E-state index in [0.717, 1.165) is 19.2 Å². The van der Waals surface area contributed by atoms with Crippen LogP contribution < -0.4 is 10.0 Å². The Morgan fingerprint density at radius 1 is 1.33 bits per heavy atom. The van der Waals surface area contributed by atoms with Crippen LogP contribution in [0.5, 0.6) is 0 Å². The average Bonchev–Trinajstić information content (AvgIpc) is 2.77. The molecule has 0 bridgehead atoms. The highest BCUT2D eigenvalue weighted by atomic mass is 32.2. The molecule has 0 radical (unpaired) electrons. The summed E-state index contributed by atoms with van der Waals surface area (Å²) in [6.07, 6.45) is 0. The Morgan fingerprint density at radius 3 is 2.61 bits per heavy atom. The van der Waals surface area contributed by atoms with Gasteiger partial charge in [0, 0.05) is 6.04 Å². The first-order chi connectivity index (χ1) is 8.49. The van der Waals surface area contributed by atoms with Gasteiger partial charge in [0.15, 0.2) is 0 Å². The molecule has 18 heavy (non-hydrogen) atoms. The fraction of sp³-hybridized carbons (Fsp3) is 0.500. The Kier molecular flexibility index (Phi) is 2.69. The molecular formula is C12H15FN2O2S. The van der Waals surface area contributed by atoms with Crippen LogP contribution in [0.2, 0.25) is 0 Å². The van der Waals surface area contributed by atoms with Crippen LogP contribution in [0.3, 0.4) is 0 Å². The van der Waals surface area contributed by atoms with Gasteiger partial charge in [-0.25, -0.2) is 17.5 Å². The van der Waals surface area contributed by atoms with Gasteiger partial charge >= 0.3 is 0 Å². The Hall–Kier alpha value is -0.980. The molecule has 1 saturated carbocycles. The summed E-state index contributed by atoms with van der Waals surface area (Å²) in [4.78, 5) is 0.00327. The number of sulfonamides is 1. The lowest BCUT2D eigenvalue weighted by Crippen LogP contribution is -2.32. The van der Waals surface area contributed by atoms with Crippen LogP contribution in [-0.2, 0) is 10.0 Å². The van der Waals surface area contributed by atoms with Crippen molar-refractivity contribution in [3.63, 3.8) is 0 Å². The van der Waals surface area contributed by atoms with Crippen LogP contribution in [0, 0.1) is 24.6 Å². The minimum absolute atomic E-state index is 0.00327. The molecule has 1 aromatic carbocycles. The lowest BCUT2D eigenvalue weighted by molar-refractivity contribution is 0.562. The highest BCUT2D eigenvalue weighted by molar-refractivity contribution is 7.89. The molecular weight excluding hydrogens is 255 g/mol. The number of hydrogen-bond donors (Lipinski definition) is 2. The van der Waals surface area contributed by atoms with E-state index in [9.17, 15) is 12.8 Å². The van der Waals surface area contributed by atoms with Gasteiger partial charge in [0.2, 0.25) is 10.0 Å². The third kappa shape index (κ3) is 1.94. The smallest absolute Gasteiger partial charge is 0.240 e. The summed E-state index contributed by atoms with van der Waals surface area (Å²) < 4.78 is 40.2. The van der Waals surface area contributed by atoms with Gasteiger partial charge in [-0.1, -0.05) is 6.07 Å². The third-order valence-electron chi connectivity index (χ3n) is 3.84. The summed E-state index contributed by atoms with van der Waals surface area (Å²) in [5.74, 6) is 0.306. The predicted molar refractivity (Wildman–Crippen MR) is 65.1 cm³/mol. The molecule has 1 aliphatic heterocycles. The summed E-state index contributed by atoms with van der Waals surface area (Å²) in [7, 11) is -3.60. The second-order valence-corrected chi connectivity index (χ2v) is 6.76. The van der Waals surface area contributed by atoms with Gasteiger partial charge in [0.05, 0.1) is 4.90 Å². The molecule has 1 aromatic rings. The Balaban J connectivity index is 1.79. The SMILES string of the molecule is Cc1ccc(S(=O)(=O)NC2C3CNCC32)cc1F. The van der Waals surface area contributed by atoms with Crippen LogP contribution in [0.4, 0.5) is 4.39 Å². The zero-order valence-corrected chi connectivity index (χ0v) is 10.8. The molecule has 2 N–H and O–H groups in total. The van der Waals surface area contributed by atoms with Gasteiger partial charge < -0.3 is 5.32 Å². The van der Waals surface area contributed by atoms with Gasteiger partial charge in [0.25, 0.3) is 0 Å². The standard InChI is InChI=1S/C12H15FN2O2S/c1-7-2-3-8(4-11(7)13)18(16,17)15-12-9-5-14-6-10(9)12/h2-4,9-10,12,14-15H,5-6H2,1H3. The summed E-state index contributed by atoms with van der Waals surface area (Å²) in [5.41, 5.74) is 0.446. The minimum Gasteiger partial charge on any atom is -0.316 e. The molecule has 98 valence electrons. The lowest BCUT2D eigenvalue weighted by atomic mass is 10.2. The topological polar surface area (TPSA) is 58.2 Å². The monoisotopic (exact) mass is 270 g/mol. The number of piperidine rings is 1. The third-order valence-corrected chi connectivity index (χ3v) is 5.29. The summed E-state index contributed by atoms with van der Waals surface area (Å²) in [6.45, 7) is 3.33. The fourth-order valence-electron chi connectivity index (χ4n) is 2.58. The number of hydrogen-bond acceptors (Lipinski definition) is 3. The van der Waals surface area contributed by atoms with Crippen molar-refractivity contribution in [3.8, 4) is 0 Å². The van der Waals surface area contributed by atoms with Crippen LogP contribution in [-0.4, -0.2) is 27.5 Å². The van der Waals surface area contributed by atoms with Crippen molar-refractivity contribution in [3.05, 3.63) is 29.6 Å². The molecule has 2 unspecified atom stereocenters. The minimum atomic E-state index is -3.60. The van der Waals surface area contributed by atoms with Crippen LogP contribution in [0.25, 0.3) is 0 Å². The number of fused-ring (bicyclic) bond motifs is 1. The van der Waals surface area contributed by atoms with Crippen molar-refractivity contribution in [2.75, 3.05) is 13.1 Å². The molecule has 1 saturated heterocycles. The summed E-state index contributed by atoms with van der Waals surface area (Å²) in [5, 5.41) is 3.20. The first kappa shape index (κ1) is 12.1. The number of benzene rings is 1. The number of aryl methyl sites for hydroxylation is 1. The number of nitrogens with one attached hydrogen (secondary N) is 2. The quantitative estimate of drug-likeness (QED) is 0.847. The van der Waals surface area contributed by atoms with E-state index in [4.69, 9.17) is 0 Å². The van der Waals surface area contributed by atoms with Gasteiger partial charge in [-0.3, -0.25) is 0 Å². The Morgan fingerprint density at radius 2 is 2.00 bits per heavy atom. The van der Waals surface area contributed by atoms with Crippen molar-refractivity contribution in [1.82, 2.24) is 10.0 Å². The molecule has 1 aliphatic carbocycles. The first-order valence-electron chi connectivity index (χ1n) is 5.98. The highest BCUT2D eigenvalue weighted by Gasteiger charge is 2.54. The van der Waals surface area contributed by atoms with Crippen molar-refractivity contribution in [2.45, 2.75) is 17.9 Å². The maximum atomic E-state index is 13.4. The maximum absolute atomic E-state index is 13.4. The molecule has 1 heterocycles. The molecule has 0 spiro atoms. The highest BCUT2D eigenvalue weighted by Crippen LogP contribution is 2.42. The molecule has 3 rings (SSSR count). The van der Waals surface area contributed by atoms with E-state index in [1.165, 1.54) is 12.1 Å². The number of halogens is 1. The molecule has 6 heteroatoms. The summed E-state index contributed by atoms with van der Waals surface area (Å²) in [6, 6.07) is 4.02. The van der Waals surface area contributed by atoms with E-state index in [-0.39, 0.29) is 10.9 Å². The van der Waals surface area contributed by atoms with Gasteiger partial charge in [0.1, 0.15) is 5.82 Å². The first-order valence-corrected chi connectivity index (χ1v) is 7.46. The van der Waals surface area contributed by atoms with Crippen molar-refractivity contribution >= 4 is 10.0 Å². The van der Waals surface area contributed by atoms with E-state index in [2.05, 4.69) is 10.0 Å². The average molecular weight is 270 g/mol. The zero-order chi connectivity index (χ0) is 12.9. The van der Waals surface area contributed by atoms with Crippen molar-refractivity contribution in [1.29, 1.82) is 0 Å². The largest absolute Gasteiger partial charge is 0.316 e. The molecule has 4 nitrogen and oxygen atoms in total. The normalized spacial score (nSPS) is 30.2. The number of rotatable bonds is 3. The van der Waals surface area contributed by atoms with Crippen LogP contribution in [0.15, 0.2) is 23.1 Å². The molecule has 0 amide bonds. The van der Waals surface area contributed by atoms with Crippen molar-refractivity contribution < 1.29 is 12.8 Å². The summed E-state index contributed by atoms with van der Waals surface area (Å²) >= 11 is 0. The maximum Gasteiger partial charge on any atom is 0.240 e. The van der Waals surface area contributed by atoms with Crippen LogP contribution >= 0.6 is 0 Å². The van der Waals surface area contributed by atoms with E-state index in [1.54, 1.807) is 6.92 Å². The second kappa shape index (κ2) is 4.01. The van der Waals surface area contributed by atoms with Crippen LogP contribution in [0.1, 0.15) is 5.56 Å². The van der Waals surface area contributed by atoms with E-state index in [0.29, 0.717) is 17.4 Å². The Bertz CT molecular complexity index is 578. The van der Waals surface area contributed by atoms with Gasteiger partial charge in [-0.15, -0.1) is 0 Å². The fourth-order valence-corrected chi connectivity index (χ4v) is 3.93. The van der Waals surface area contributed by atoms with Gasteiger partial charge in [-0.05, 0) is 49.5 Å². The molecule has 2 atom stereocenters. The van der Waals surface area contributed by atoms with E-state index < -0.39 is 15.8 Å². The second-order valence-electron chi connectivity index (χ2n) is 5.04. The molecule has 2 fully saturated rings. The van der Waals surface area contributed by atoms with Gasteiger partial charge in [-0.2, -0.15) is 0 Å².